The number of aromatic nitrogens is 3. The summed E-state index contributed by atoms with van der Waals surface area (Å²) < 4.78 is 1.99. The van der Waals surface area contributed by atoms with Crippen LogP contribution in [0.15, 0.2) is 18.6 Å². The van der Waals surface area contributed by atoms with Gasteiger partial charge in [-0.05, 0) is 12.8 Å². The highest BCUT2D eigenvalue weighted by molar-refractivity contribution is 5.36. The fourth-order valence-corrected chi connectivity index (χ4v) is 1.93. The zero-order valence-corrected chi connectivity index (χ0v) is 10.6. The lowest BCUT2D eigenvalue weighted by atomic mass is 9.93. The number of fused-ring (bicyclic) bond motifs is 1. The molecule has 0 saturated heterocycles. The maximum Gasteiger partial charge on any atom is 0.233 e. The van der Waals surface area contributed by atoms with Crippen LogP contribution < -0.4 is 5.73 Å². The Balaban J connectivity index is 2.11. The van der Waals surface area contributed by atoms with Gasteiger partial charge < -0.3 is 5.73 Å². The van der Waals surface area contributed by atoms with Crippen molar-refractivity contribution in [1.82, 2.24) is 14.4 Å². The van der Waals surface area contributed by atoms with Crippen molar-refractivity contribution < 1.29 is 0 Å². The van der Waals surface area contributed by atoms with Gasteiger partial charge in [0, 0.05) is 35.1 Å². The summed E-state index contributed by atoms with van der Waals surface area (Å²) in [6.07, 6.45) is 8.10. The second-order valence-electron chi connectivity index (χ2n) is 6.08. The highest BCUT2D eigenvalue weighted by Crippen LogP contribution is 2.42. The molecule has 2 aromatic rings. The Kier molecular flexibility index (Phi) is 1.94. The lowest BCUT2D eigenvalue weighted by molar-refractivity contribution is 0.573. The lowest BCUT2D eigenvalue weighted by Crippen LogP contribution is -2.19. The molecule has 0 bridgehead atoms. The first kappa shape index (κ1) is 10.7. The summed E-state index contributed by atoms with van der Waals surface area (Å²) in [5.41, 5.74) is 8.27. The average molecular weight is 230 g/mol. The summed E-state index contributed by atoms with van der Waals surface area (Å²) in [7, 11) is 0. The summed E-state index contributed by atoms with van der Waals surface area (Å²) >= 11 is 0. The molecule has 1 aliphatic carbocycles. The van der Waals surface area contributed by atoms with Crippen molar-refractivity contribution in [2.75, 3.05) is 0 Å². The zero-order valence-electron chi connectivity index (χ0n) is 10.6. The number of nitrogens with two attached hydrogens (primary N) is 1. The predicted octanol–water partition coefficient (Wildman–Crippen LogP) is 1.97. The third-order valence-corrected chi connectivity index (χ3v) is 3.44. The van der Waals surface area contributed by atoms with Crippen LogP contribution in [0.3, 0.4) is 0 Å². The highest BCUT2D eigenvalue weighted by Gasteiger charge is 2.40. The van der Waals surface area contributed by atoms with Crippen LogP contribution in [0.1, 0.15) is 44.9 Å². The summed E-state index contributed by atoms with van der Waals surface area (Å²) in [5, 5.41) is 0. The van der Waals surface area contributed by atoms with Crippen molar-refractivity contribution in [2.24, 2.45) is 5.73 Å². The largest absolute Gasteiger partial charge is 0.321 e. The standard InChI is InChI=1S/C13H18N4/c1-12(2,3)10-8-17-7-9(13(14)4-5-13)6-15-11(17)16-10/h6-8H,4-5,14H2,1-3H3. The van der Waals surface area contributed by atoms with E-state index in [1.54, 1.807) is 0 Å². The van der Waals surface area contributed by atoms with Crippen LogP contribution in [0, 0.1) is 0 Å². The highest BCUT2D eigenvalue weighted by atomic mass is 15.1. The maximum absolute atomic E-state index is 6.18. The Bertz CT molecular complexity index is 569. The normalized spacial score (nSPS) is 18.6. The molecule has 0 unspecified atom stereocenters. The Morgan fingerprint density at radius 3 is 2.59 bits per heavy atom. The Morgan fingerprint density at radius 2 is 2.00 bits per heavy atom. The molecule has 0 radical (unpaired) electrons. The van der Waals surface area contributed by atoms with Crippen molar-refractivity contribution >= 4 is 5.78 Å². The van der Waals surface area contributed by atoms with Gasteiger partial charge in [0.2, 0.25) is 5.78 Å². The van der Waals surface area contributed by atoms with Crippen LogP contribution in [0.4, 0.5) is 0 Å². The van der Waals surface area contributed by atoms with E-state index in [1.165, 1.54) is 0 Å². The van der Waals surface area contributed by atoms with Gasteiger partial charge in [-0.1, -0.05) is 20.8 Å². The van der Waals surface area contributed by atoms with Crippen LogP contribution in [0.2, 0.25) is 0 Å². The number of rotatable bonds is 1. The second kappa shape index (κ2) is 3.07. The topological polar surface area (TPSA) is 56.2 Å². The molecule has 0 spiro atoms. The molecule has 2 N–H and O–H groups in total. The second-order valence-corrected chi connectivity index (χ2v) is 6.08. The van der Waals surface area contributed by atoms with E-state index >= 15 is 0 Å². The summed E-state index contributed by atoms with van der Waals surface area (Å²) in [6.45, 7) is 6.46. The molecular weight excluding hydrogens is 212 g/mol. The molecule has 1 aliphatic rings. The quantitative estimate of drug-likeness (QED) is 0.815. The van der Waals surface area contributed by atoms with E-state index in [0.717, 1.165) is 29.9 Å². The number of hydrogen-bond donors (Lipinski definition) is 1. The fourth-order valence-electron chi connectivity index (χ4n) is 1.93. The van der Waals surface area contributed by atoms with E-state index in [4.69, 9.17) is 5.73 Å². The molecule has 0 atom stereocenters. The van der Waals surface area contributed by atoms with E-state index < -0.39 is 0 Å². The first-order valence-corrected chi connectivity index (χ1v) is 6.03. The SMILES string of the molecule is CC(C)(C)c1cn2cc(C3(N)CC3)cnc2n1. The zero-order chi connectivity index (χ0) is 12.3. The summed E-state index contributed by atoms with van der Waals surface area (Å²) in [4.78, 5) is 8.93. The molecule has 0 aromatic carbocycles. The maximum atomic E-state index is 6.18. The third kappa shape index (κ3) is 1.72. The monoisotopic (exact) mass is 230 g/mol. The first-order chi connectivity index (χ1) is 7.88. The van der Waals surface area contributed by atoms with Gasteiger partial charge in [0.05, 0.1) is 5.69 Å². The Labute approximate surface area is 101 Å². The molecule has 1 saturated carbocycles. The molecule has 90 valence electrons. The number of nitrogens with zero attached hydrogens (tertiary/aromatic N) is 3. The van der Waals surface area contributed by atoms with Crippen LogP contribution in [-0.2, 0) is 11.0 Å². The molecule has 17 heavy (non-hydrogen) atoms. The number of imidazole rings is 1. The van der Waals surface area contributed by atoms with Crippen LogP contribution >= 0.6 is 0 Å². The van der Waals surface area contributed by atoms with Crippen molar-refractivity contribution in [3.05, 3.63) is 29.8 Å². The third-order valence-electron chi connectivity index (χ3n) is 3.44. The van der Waals surface area contributed by atoms with Crippen molar-refractivity contribution in [1.29, 1.82) is 0 Å². The minimum Gasteiger partial charge on any atom is -0.321 e. The Hall–Kier alpha value is -1.42. The van der Waals surface area contributed by atoms with Crippen LogP contribution in [0.5, 0.6) is 0 Å². The van der Waals surface area contributed by atoms with Crippen molar-refractivity contribution in [2.45, 2.75) is 44.6 Å². The van der Waals surface area contributed by atoms with Crippen LogP contribution in [-0.4, -0.2) is 14.4 Å². The van der Waals surface area contributed by atoms with Gasteiger partial charge in [-0.15, -0.1) is 0 Å². The molecule has 2 heterocycles. The van der Waals surface area contributed by atoms with E-state index in [9.17, 15) is 0 Å². The van der Waals surface area contributed by atoms with E-state index in [-0.39, 0.29) is 11.0 Å². The Morgan fingerprint density at radius 1 is 1.29 bits per heavy atom. The summed E-state index contributed by atoms with van der Waals surface area (Å²) in [5.74, 6) is 0.753. The molecule has 2 aromatic heterocycles. The van der Waals surface area contributed by atoms with E-state index in [1.807, 2.05) is 10.6 Å². The van der Waals surface area contributed by atoms with Crippen molar-refractivity contribution in [3.63, 3.8) is 0 Å². The van der Waals surface area contributed by atoms with E-state index in [2.05, 4.69) is 43.1 Å². The van der Waals surface area contributed by atoms with Gasteiger partial charge in [0.1, 0.15) is 0 Å². The molecular formula is C13H18N4. The van der Waals surface area contributed by atoms with Crippen LogP contribution in [0.25, 0.3) is 5.78 Å². The predicted molar refractivity (Wildman–Crippen MR) is 66.8 cm³/mol. The average Bonchev–Trinajstić information content (AvgIpc) is 2.85. The fraction of sp³-hybridized carbons (Fsp3) is 0.538. The van der Waals surface area contributed by atoms with Gasteiger partial charge in [0.15, 0.2) is 0 Å². The van der Waals surface area contributed by atoms with Gasteiger partial charge >= 0.3 is 0 Å². The molecule has 0 aliphatic heterocycles. The van der Waals surface area contributed by atoms with Gasteiger partial charge in [-0.3, -0.25) is 4.40 Å². The first-order valence-electron chi connectivity index (χ1n) is 6.03. The minimum atomic E-state index is -0.132. The van der Waals surface area contributed by atoms with Crippen molar-refractivity contribution in [3.8, 4) is 0 Å². The summed E-state index contributed by atoms with van der Waals surface area (Å²) in [6, 6.07) is 0. The molecule has 4 heteroatoms. The van der Waals surface area contributed by atoms with E-state index in [0.29, 0.717) is 0 Å². The van der Waals surface area contributed by atoms with Gasteiger partial charge in [0.25, 0.3) is 0 Å². The minimum absolute atomic E-state index is 0.0495. The number of hydrogen-bond acceptors (Lipinski definition) is 3. The van der Waals surface area contributed by atoms with Gasteiger partial charge in [-0.2, -0.15) is 0 Å². The molecule has 4 nitrogen and oxygen atoms in total. The molecule has 1 fully saturated rings. The molecule has 0 amide bonds. The molecule has 3 rings (SSSR count). The van der Waals surface area contributed by atoms with Gasteiger partial charge in [-0.25, -0.2) is 9.97 Å². The lowest BCUT2D eigenvalue weighted by Gasteiger charge is -2.13. The smallest absolute Gasteiger partial charge is 0.233 e.